The fourth-order valence-corrected chi connectivity index (χ4v) is 5.57. The quantitative estimate of drug-likeness (QED) is 0.606. The molecule has 2 nitrogen and oxygen atoms in total. The molecule has 0 aromatic carbocycles. The van der Waals surface area contributed by atoms with Crippen molar-refractivity contribution in [3.8, 4) is 0 Å². The molecule has 3 fully saturated rings. The van der Waals surface area contributed by atoms with Crippen LogP contribution in [0.3, 0.4) is 0 Å². The van der Waals surface area contributed by atoms with Crippen LogP contribution < -0.4 is 0 Å². The van der Waals surface area contributed by atoms with Crippen molar-refractivity contribution in [3.05, 3.63) is 0 Å². The number of esters is 1. The molecule has 0 N–H and O–H groups in total. The van der Waals surface area contributed by atoms with Crippen LogP contribution in [0.15, 0.2) is 0 Å². The van der Waals surface area contributed by atoms with Crippen LogP contribution in [-0.4, -0.2) is 11.6 Å². The maximum atomic E-state index is 12.8. The molecule has 2 heteroatoms. The van der Waals surface area contributed by atoms with Crippen LogP contribution in [0.1, 0.15) is 90.9 Å². The van der Waals surface area contributed by atoms with Crippen molar-refractivity contribution in [2.75, 3.05) is 0 Å². The minimum absolute atomic E-state index is 0.0869. The highest BCUT2D eigenvalue weighted by Crippen LogP contribution is 2.54. The lowest BCUT2D eigenvalue weighted by atomic mass is 9.78. The van der Waals surface area contributed by atoms with E-state index in [0.717, 1.165) is 37.5 Å². The zero-order valence-electron chi connectivity index (χ0n) is 14.6. The molecule has 3 aliphatic rings. The first kappa shape index (κ1) is 16.3. The molecule has 0 radical (unpaired) electrons. The lowest BCUT2D eigenvalue weighted by molar-refractivity contribution is -0.173. The summed E-state index contributed by atoms with van der Waals surface area (Å²) in [6.07, 6.45) is 14.7. The Kier molecular flexibility index (Phi) is 5.14. The van der Waals surface area contributed by atoms with Crippen LogP contribution in [0.25, 0.3) is 0 Å². The molecule has 0 aromatic rings. The van der Waals surface area contributed by atoms with E-state index in [1.165, 1.54) is 51.4 Å². The fourth-order valence-electron chi connectivity index (χ4n) is 5.57. The van der Waals surface area contributed by atoms with Gasteiger partial charge in [0.1, 0.15) is 5.60 Å². The smallest absolute Gasteiger partial charge is 0.309 e. The fraction of sp³-hybridized carbons (Fsp3) is 0.950. The molecule has 3 aliphatic carbocycles. The van der Waals surface area contributed by atoms with Gasteiger partial charge in [0.2, 0.25) is 0 Å². The van der Waals surface area contributed by atoms with E-state index in [1.54, 1.807) is 0 Å². The normalized spacial score (nSPS) is 40.8. The molecule has 0 saturated heterocycles. The molecular formula is C20H34O2. The van der Waals surface area contributed by atoms with Crippen molar-refractivity contribution < 1.29 is 9.53 Å². The van der Waals surface area contributed by atoms with Crippen molar-refractivity contribution in [2.24, 2.45) is 23.7 Å². The summed E-state index contributed by atoms with van der Waals surface area (Å²) < 4.78 is 6.24. The molecule has 0 spiro atoms. The third kappa shape index (κ3) is 3.21. The Hall–Kier alpha value is -0.530. The minimum Gasteiger partial charge on any atom is -0.459 e. The predicted molar refractivity (Wildman–Crippen MR) is 89.5 cm³/mol. The number of rotatable bonds is 6. The molecule has 0 amide bonds. The van der Waals surface area contributed by atoms with E-state index in [0.29, 0.717) is 5.92 Å². The summed E-state index contributed by atoms with van der Waals surface area (Å²) in [4.78, 5) is 12.8. The van der Waals surface area contributed by atoms with E-state index in [2.05, 4.69) is 13.8 Å². The molecule has 3 rings (SSSR count). The summed E-state index contributed by atoms with van der Waals surface area (Å²) in [6.45, 7) is 4.48. The first-order valence-electron chi connectivity index (χ1n) is 9.89. The average Bonchev–Trinajstić information content (AvgIpc) is 3.14. The number of ether oxygens (including phenoxy) is 1. The average molecular weight is 306 g/mol. The van der Waals surface area contributed by atoms with Gasteiger partial charge in [0.25, 0.3) is 0 Å². The van der Waals surface area contributed by atoms with Crippen LogP contribution in [-0.2, 0) is 9.53 Å². The molecule has 0 heterocycles. The Balaban J connectivity index is 1.57. The summed E-state index contributed by atoms with van der Waals surface area (Å²) >= 11 is 0. The van der Waals surface area contributed by atoms with Gasteiger partial charge in [0.05, 0.1) is 5.92 Å². The Labute approximate surface area is 136 Å². The SMILES string of the molecule is CCCCC1CCCC(C(=O)OC2(CC)CC3CC[C@@H]2C3)C1. The molecule has 22 heavy (non-hydrogen) atoms. The monoisotopic (exact) mass is 306 g/mol. The van der Waals surface area contributed by atoms with Gasteiger partial charge in [-0.15, -0.1) is 0 Å². The van der Waals surface area contributed by atoms with E-state index in [4.69, 9.17) is 4.74 Å². The van der Waals surface area contributed by atoms with Gasteiger partial charge < -0.3 is 4.74 Å². The minimum atomic E-state index is -0.0869. The largest absolute Gasteiger partial charge is 0.459 e. The van der Waals surface area contributed by atoms with E-state index >= 15 is 0 Å². The van der Waals surface area contributed by atoms with Gasteiger partial charge in [-0.2, -0.15) is 0 Å². The number of carbonyl (C=O) groups is 1. The van der Waals surface area contributed by atoms with E-state index in [-0.39, 0.29) is 17.5 Å². The molecule has 5 atom stereocenters. The van der Waals surface area contributed by atoms with Crippen molar-refractivity contribution in [2.45, 2.75) is 96.5 Å². The maximum absolute atomic E-state index is 12.8. The second kappa shape index (κ2) is 6.93. The molecule has 126 valence electrons. The number of hydrogen-bond acceptors (Lipinski definition) is 2. The van der Waals surface area contributed by atoms with Crippen LogP contribution >= 0.6 is 0 Å². The van der Waals surface area contributed by atoms with Crippen LogP contribution in [0.4, 0.5) is 0 Å². The zero-order chi connectivity index (χ0) is 15.6. The van der Waals surface area contributed by atoms with Gasteiger partial charge in [-0.05, 0) is 62.7 Å². The first-order chi connectivity index (χ1) is 10.7. The summed E-state index contributed by atoms with van der Waals surface area (Å²) in [5.74, 6) is 2.60. The Morgan fingerprint density at radius 3 is 2.64 bits per heavy atom. The van der Waals surface area contributed by atoms with E-state index in [9.17, 15) is 4.79 Å². The number of hydrogen-bond donors (Lipinski definition) is 0. The first-order valence-corrected chi connectivity index (χ1v) is 9.89. The highest BCUT2D eigenvalue weighted by atomic mass is 16.6. The summed E-state index contributed by atoms with van der Waals surface area (Å²) in [7, 11) is 0. The van der Waals surface area contributed by atoms with Gasteiger partial charge >= 0.3 is 5.97 Å². The highest BCUT2D eigenvalue weighted by Gasteiger charge is 2.53. The van der Waals surface area contributed by atoms with Gasteiger partial charge in [-0.3, -0.25) is 4.79 Å². The van der Waals surface area contributed by atoms with Crippen LogP contribution in [0, 0.1) is 23.7 Å². The van der Waals surface area contributed by atoms with Gasteiger partial charge in [0.15, 0.2) is 0 Å². The standard InChI is InChI=1S/C20H34O2/c1-3-5-7-15-8-6-9-17(12-15)19(21)22-20(4-2)14-16-10-11-18(20)13-16/h15-18H,3-14H2,1-2H3/t15?,16?,17?,18-,20?/m1/s1. The van der Waals surface area contributed by atoms with Gasteiger partial charge in [-0.25, -0.2) is 0 Å². The molecule has 2 bridgehead atoms. The van der Waals surface area contributed by atoms with Crippen molar-refractivity contribution in [1.29, 1.82) is 0 Å². The third-order valence-corrected chi connectivity index (χ3v) is 6.90. The zero-order valence-corrected chi connectivity index (χ0v) is 14.6. The maximum Gasteiger partial charge on any atom is 0.309 e. The Morgan fingerprint density at radius 2 is 2.00 bits per heavy atom. The number of unbranched alkanes of at least 4 members (excludes halogenated alkanes) is 1. The second-order valence-corrected chi connectivity index (χ2v) is 8.29. The van der Waals surface area contributed by atoms with Gasteiger partial charge in [-0.1, -0.05) is 46.0 Å². The van der Waals surface area contributed by atoms with Crippen molar-refractivity contribution in [1.82, 2.24) is 0 Å². The topological polar surface area (TPSA) is 26.3 Å². The Morgan fingerprint density at radius 1 is 1.14 bits per heavy atom. The number of carbonyl (C=O) groups excluding carboxylic acids is 1. The highest BCUT2D eigenvalue weighted by molar-refractivity contribution is 5.73. The molecule has 0 aromatic heterocycles. The lowest BCUT2D eigenvalue weighted by Crippen LogP contribution is -2.42. The molecule has 4 unspecified atom stereocenters. The van der Waals surface area contributed by atoms with Gasteiger partial charge in [0, 0.05) is 0 Å². The van der Waals surface area contributed by atoms with E-state index < -0.39 is 0 Å². The lowest BCUT2D eigenvalue weighted by Gasteiger charge is -2.38. The van der Waals surface area contributed by atoms with Crippen molar-refractivity contribution in [3.63, 3.8) is 0 Å². The predicted octanol–water partition coefficient (Wildman–Crippen LogP) is 5.50. The molecule has 3 saturated carbocycles. The van der Waals surface area contributed by atoms with Crippen LogP contribution in [0.2, 0.25) is 0 Å². The van der Waals surface area contributed by atoms with Crippen molar-refractivity contribution >= 4 is 5.97 Å². The second-order valence-electron chi connectivity index (χ2n) is 8.29. The van der Waals surface area contributed by atoms with Crippen LogP contribution in [0.5, 0.6) is 0 Å². The summed E-state index contributed by atoms with van der Waals surface area (Å²) in [5.41, 5.74) is -0.0869. The Bertz CT molecular complexity index is 391. The summed E-state index contributed by atoms with van der Waals surface area (Å²) in [5, 5.41) is 0. The molecular weight excluding hydrogens is 272 g/mol. The van der Waals surface area contributed by atoms with E-state index in [1.807, 2.05) is 0 Å². The number of fused-ring (bicyclic) bond motifs is 2. The third-order valence-electron chi connectivity index (χ3n) is 6.90. The summed E-state index contributed by atoms with van der Waals surface area (Å²) in [6, 6.07) is 0. The molecule has 0 aliphatic heterocycles.